The SMILES string of the molecule is Cc1nc2cc(CC#N)ccc2s1. The predicted molar refractivity (Wildman–Crippen MR) is 53.7 cm³/mol. The molecular weight excluding hydrogens is 180 g/mol. The zero-order valence-electron chi connectivity index (χ0n) is 7.24. The van der Waals surface area contributed by atoms with Gasteiger partial charge in [0.05, 0.1) is 27.7 Å². The second kappa shape index (κ2) is 3.15. The van der Waals surface area contributed by atoms with E-state index in [1.54, 1.807) is 11.3 Å². The first-order valence-electron chi connectivity index (χ1n) is 4.02. The van der Waals surface area contributed by atoms with Crippen LogP contribution in [-0.4, -0.2) is 4.98 Å². The van der Waals surface area contributed by atoms with Crippen LogP contribution in [0.3, 0.4) is 0 Å². The Labute approximate surface area is 80.5 Å². The van der Waals surface area contributed by atoms with Gasteiger partial charge in [0.25, 0.3) is 0 Å². The highest BCUT2D eigenvalue weighted by Gasteiger charge is 2.00. The number of fused-ring (bicyclic) bond motifs is 1. The standard InChI is InChI=1S/C10H8N2S/c1-7-12-9-6-8(4-5-11)2-3-10(9)13-7/h2-3,6H,4H2,1H3. The Morgan fingerprint density at radius 1 is 1.54 bits per heavy atom. The molecule has 0 aliphatic heterocycles. The fraction of sp³-hybridized carbons (Fsp3) is 0.200. The maximum Gasteiger partial charge on any atom is 0.0907 e. The predicted octanol–water partition coefficient (Wildman–Crippen LogP) is 2.67. The summed E-state index contributed by atoms with van der Waals surface area (Å²) in [7, 11) is 0. The van der Waals surface area contributed by atoms with Crippen molar-refractivity contribution < 1.29 is 0 Å². The molecule has 0 amide bonds. The van der Waals surface area contributed by atoms with E-state index in [4.69, 9.17) is 5.26 Å². The van der Waals surface area contributed by atoms with Crippen LogP contribution in [-0.2, 0) is 6.42 Å². The van der Waals surface area contributed by atoms with E-state index in [0.29, 0.717) is 6.42 Å². The third-order valence-corrected chi connectivity index (χ3v) is 2.79. The summed E-state index contributed by atoms with van der Waals surface area (Å²) in [5.41, 5.74) is 2.05. The van der Waals surface area contributed by atoms with Gasteiger partial charge in [0.2, 0.25) is 0 Å². The maximum absolute atomic E-state index is 8.53. The molecule has 0 saturated carbocycles. The molecule has 0 saturated heterocycles. The van der Waals surface area contributed by atoms with Crippen LogP contribution in [0.5, 0.6) is 0 Å². The summed E-state index contributed by atoms with van der Waals surface area (Å²) in [6.45, 7) is 1.99. The Kier molecular flexibility index (Phi) is 1.99. The van der Waals surface area contributed by atoms with E-state index in [1.807, 2.05) is 25.1 Å². The Hall–Kier alpha value is -1.40. The molecule has 1 heterocycles. The van der Waals surface area contributed by atoms with Crippen molar-refractivity contribution in [1.29, 1.82) is 5.26 Å². The number of rotatable bonds is 1. The molecule has 2 aromatic rings. The lowest BCUT2D eigenvalue weighted by molar-refractivity contribution is 1.26. The van der Waals surface area contributed by atoms with Gasteiger partial charge in [-0.05, 0) is 24.6 Å². The molecule has 1 aromatic carbocycles. The maximum atomic E-state index is 8.53. The zero-order chi connectivity index (χ0) is 9.26. The normalized spacial score (nSPS) is 10.2. The molecule has 0 radical (unpaired) electrons. The third-order valence-electron chi connectivity index (χ3n) is 1.84. The first-order valence-corrected chi connectivity index (χ1v) is 4.84. The van der Waals surface area contributed by atoms with E-state index in [-0.39, 0.29) is 0 Å². The van der Waals surface area contributed by atoms with Crippen LogP contribution in [0.4, 0.5) is 0 Å². The van der Waals surface area contributed by atoms with Crippen molar-refractivity contribution in [3.05, 3.63) is 28.8 Å². The van der Waals surface area contributed by atoms with Crippen molar-refractivity contribution in [3.63, 3.8) is 0 Å². The monoisotopic (exact) mass is 188 g/mol. The van der Waals surface area contributed by atoms with Crippen molar-refractivity contribution in [2.24, 2.45) is 0 Å². The average molecular weight is 188 g/mol. The Morgan fingerprint density at radius 2 is 2.38 bits per heavy atom. The Morgan fingerprint density at radius 3 is 3.15 bits per heavy atom. The van der Waals surface area contributed by atoms with E-state index in [1.165, 1.54) is 4.70 Å². The number of benzene rings is 1. The summed E-state index contributed by atoms with van der Waals surface area (Å²) in [6, 6.07) is 8.14. The van der Waals surface area contributed by atoms with E-state index in [0.717, 1.165) is 16.1 Å². The zero-order valence-corrected chi connectivity index (χ0v) is 8.06. The molecule has 0 unspecified atom stereocenters. The van der Waals surface area contributed by atoms with Crippen molar-refractivity contribution in [2.75, 3.05) is 0 Å². The fourth-order valence-corrected chi connectivity index (χ4v) is 2.10. The number of nitrogens with zero attached hydrogens (tertiary/aromatic N) is 2. The molecular formula is C10H8N2S. The van der Waals surface area contributed by atoms with Gasteiger partial charge in [0.15, 0.2) is 0 Å². The van der Waals surface area contributed by atoms with Gasteiger partial charge < -0.3 is 0 Å². The minimum absolute atomic E-state index is 0.465. The van der Waals surface area contributed by atoms with Gasteiger partial charge in [-0.2, -0.15) is 5.26 Å². The summed E-state index contributed by atoms with van der Waals surface area (Å²) < 4.78 is 1.19. The molecule has 0 fully saturated rings. The second-order valence-electron chi connectivity index (χ2n) is 2.87. The van der Waals surface area contributed by atoms with Crippen LogP contribution in [0.25, 0.3) is 10.2 Å². The molecule has 0 spiro atoms. The number of nitriles is 1. The quantitative estimate of drug-likeness (QED) is 0.689. The van der Waals surface area contributed by atoms with E-state index in [9.17, 15) is 0 Å². The van der Waals surface area contributed by atoms with Crippen LogP contribution in [0, 0.1) is 18.3 Å². The lowest BCUT2D eigenvalue weighted by Gasteiger charge is -1.92. The van der Waals surface area contributed by atoms with E-state index >= 15 is 0 Å². The van der Waals surface area contributed by atoms with Crippen LogP contribution in [0.15, 0.2) is 18.2 Å². The molecule has 0 bridgehead atoms. The van der Waals surface area contributed by atoms with Crippen LogP contribution >= 0.6 is 11.3 Å². The van der Waals surface area contributed by atoms with E-state index in [2.05, 4.69) is 11.1 Å². The molecule has 0 atom stereocenters. The molecule has 13 heavy (non-hydrogen) atoms. The summed E-state index contributed by atoms with van der Waals surface area (Å²) >= 11 is 1.68. The van der Waals surface area contributed by atoms with Crippen molar-refractivity contribution in [2.45, 2.75) is 13.3 Å². The molecule has 64 valence electrons. The topological polar surface area (TPSA) is 36.7 Å². The molecule has 3 heteroatoms. The first kappa shape index (κ1) is 8.21. The summed E-state index contributed by atoms with van der Waals surface area (Å²) in [4.78, 5) is 4.37. The van der Waals surface area contributed by atoms with Gasteiger partial charge in [0, 0.05) is 0 Å². The summed E-state index contributed by atoms with van der Waals surface area (Å²) in [5, 5.41) is 9.60. The molecule has 0 N–H and O–H groups in total. The molecule has 2 nitrogen and oxygen atoms in total. The highest BCUT2D eigenvalue weighted by atomic mass is 32.1. The van der Waals surface area contributed by atoms with Crippen molar-refractivity contribution in [1.82, 2.24) is 4.98 Å². The number of aryl methyl sites for hydroxylation is 1. The van der Waals surface area contributed by atoms with Crippen LogP contribution in [0.1, 0.15) is 10.6 Å². The highest BCUT2D eigenvalue weighted by molar-refractivity contribution is 7.18. The molecule has 1 aromatic heterocycles. The number of hydrogen-bond acceptors (Lipinski definition) is 3. The van der Waals surface area contributed by atoms with Gasteiger partial charge in [0.1, 0.15) is 0 Å². The minimum atomic E-state index is 0.465. The van der Waals surface area contributed by atoms with Gasteiger partial charge in [-0.25, -0.2) is 4.98 Å². The lowest BCUT2D eigenvalue weighted by atomic mass is 10.1. The Bertz CT molecular complexity index is 479. The number of thiazole rings is 1. The number of aromatic nitrogens is 1. The smallest absolute Gasteiger partial charge is 0.0907 e. The average Bonchev–Trinajstić information content (AvgIpc) is 2.44. The lowest BCUT2D eigenvalue weighted by Crippen LogP contribution is -1.79. The van der Waals surface area contributed by atoms with Crippen molar-refractivity contribution >= 4 is 21.6 Å². The van der Waals surface area contributed by atoms with Crippen molar-refractivity contribution in [3.8, 4) is 6.07 Å². The van der Waals surface area contributed by atoms with Gasteiger partial charge in [-0.15, -0.1) is 11.3 Å². The van der Waals surface area contributed by atoms with Gasteiger partial charge in [-0.3, -0.25) is 0 Å². The Balaban J connectivity index is 2.56. The number of hydrogen-bond donors (Lipinski definition) is 0. The van der Waals surface area contributed by atoms with Crippen LogP contribution < -0.4 is 0 Å². The molecule has 2 rings (SSSR count). The molecule has 0 aliphatic carbocycles. The second-order valence-corrected chi connectivity index (χ2v) is 4.10. The highest BCUT2D eigenvalue weighted by Crippen LogP contribution is 2.22. The fourth-order valence-electron chi connectivity index (χ4n) is 1.29. The van der Waals surface area contributed by atoms with Crippen LogP contribution in [0.2, 0.25) is 0 Å². The van der Waals surface area contributed by atoms with Gasteiger partial charge in [-0.1, -0.05) is 6.07 Å². The minimum Gasteiger partial charge on any atom is -0.242 e. The third kappa shape index (κ3) is 1.53. The largest absolute Gasteiger partial charge is 0.242 e. The summed E-state index contributed by atoms with van der Waals surface area (Å²) in [6.07, 6.45) is 0.465. The summed E-state index contributed by atoms with van der Waals surface area (Å²) in [5.74, 6) is 0. The molecule has 0 aliphatic rings. The first-order chi connectivity index (χ1) is 6.29. The van der Waals surface area contributed by atoms with E-state index < -0.39 is 0 Å². The van der Waals surface area contributed by atoms with Gasteiger partial charge >= 0.3 is 0 Å².